The van der Waals surface area contributed by atoms with Crippen LogP contribution in [0.2, 0.25) is 0 Å². The number of morpholine rings is 1. The first-order chi connectivity index (χ1) is 11.1. The molecule has 0 unspecified atom stereocenters. The van der Waals surface area contributed by atoms with Crippen molar-refractivity contribution in [3.05, 3.63) is 42.5 Å². The van der Waals surface area contributed by atoms with Gasteiger partial charge in [0.1, 0.15) is 18.5 Å². The highest BCUT2D eigenvalue weighted by Crippen LogP contribution is 2.25. The minimum absolute atomic E-state index is 0.220. The molecule has 1 saturated heterocycles. The lowest BCUT2D eigenvalue weighted by Gasteiger charge is -2.37. The third kappa shape index (κ3) is 4.02. The molecule has 124 valence electrons. The van der Waals surface area contributed by atoms with E-state index in [-0.39, 0.29) is 6.10 Å². The first-order valence-electron chi connectivity index (χ1n) is 8.28. The molecule has 23 heavy (non-hydrogen) atoms. The molecule has 0 spiro atoms. The molecule has 1 aliphatic rings. The standard InChI is InChI=1S/C19H25NO3/c1-14-12-22-15(2)10-20(14)11-17(21)13-23-19-9-5-7-16-6-3-4-8-18(16)19/h3-9,14-15,17,21H,10-13H2,1-2H3/t14-,15+,17+/m0/s1. The van der Waals surface area contributed by atoms with E-state index in [1.54, 1.807) is 0 Å². The fourth-order valence-electron chi connectivity index (χ4n) is 3.06. The molecule has 2 aromatic carbocycles. The average Bonchev–Trinajstić information content (AvgIpc) is 2.56. The summed E-state index contributed by atoms with van der Waals surface area (Å²) in [6.45, 7) is 6.68. The summed E-state index contributed by atoms with van der Waals surface area (Å²) < 4.78 is 11.5. The van der Waals surface area contributed by atoms with Gasteiger partial charge in [-0.1, -0.05) is 36.4 Å². The maximum Gasteiger partial charge on any atom is 0.127 e. The quantitative estimate of drug-likeness (QED) is 0.921. The first kappa shape index (κ1) is 16.2. The number of hydrogen-bond donors (Lipinski definition) is 1. The molecular formula is C19H25NO3. The van der Waals surface area contributed by atoms with Gasteiger partial charge in [0.15, 0.2) is 0 Å². The lowest BCUT2D eigenvalue weighted by atomic mass is 10.1. The van der Waals surface area contributed by atoms with E-state index < -0.39 is 6.10 Å². The third-order valence-electron chi connectivity index (χ3n) is 4.36. The predicted octanol–water partition coefficient (Wildman–Crippen LogP) is 2.69. The number of aliphatic hydroxyl groups excluding tert-OH is 1. The van der Waals surface area contributed by atoms with Crippen LogP contribution < -0.4 is 4.74 Å². The highest BCUT2D eigenvalue weighted by Gasteiger charge is 2.25. The topological polar surface area (TPSA) is 41.9 Å². The minimum Gasteiger partial charge on any atom is -0.490 e. The molecule has 3 rings (SSSR count). The van der Waals surface area contributed by atoms with Crippen molar-refractivity contribution >= 4 is 10.8 Å². The van der Waals surface area contributed by atoms with Crippen LogP contribution in [0.15, 0.2) is 42.5 Å². The van der Waals surface area contributed by atoms with Crippen molar-refractivity contribution in [2.75, 3.05) is 26.3 Å². The van der Waals surface area contributed by atoms with Gasteiger partial charge in [0.05, 0.1) is 12.7 Å². The Bertz CT molecular complexity index is 640. The summed E-state index contributed by atoms with van der Waals surface area (Å²) >= 11 is 0. The zero-order valence-corrected chi connectivity index (χ0v) is 13.8. The molecule has 0 bridgehead atoms. The maximum atomic E-state index is 10.3. The molecule has 1 aliphatic heterocycles. The number of rotatable bonds is 5. The predicted molar refractivity (Wildman–Crippen MR) is 91.9 cm³/mol. The summed E-state index contributed by atoms with van der Waals surface area (Å²) in [4.78, 5) is 2.27. The van der Waals surface area contributed by atoms with E-state index >= 15 is 0 Å². The first-order valence-corrected chi connectivity index (χ1v) is 8.28. The molecule has 4 heteroatoms. The van der Waals surface area contributed by atoms with Crippen LogP contribution in [0.5, 0.6) is 5.75 Å². The van der Waals surface area contributed by atoms with Gasteiger partial charge in [0.2, 0.25) is 0 Å². The summed E-state index contributed by atoms with van der Waals surface area (Å²) in [5.41, 5.74) is 0. The Kier molecular flexibility index (Phi) is 5.16. The zero-order chi connectivity index (χ0) is 16.2. The van der Waals surface area contributed by atoms with Crippen LogP contribution in [0.25, 0.3) is 10.8 Å². The summed E-state index contributed by atoms with van der Waals surface area (Å²) in [5, 5.41) is 12.6. The smallest absolute Gasteiger partial charge is 0.127 e. The van der Waals surface area contributed by atoms with Crippen molar-refractivity contribution in [2.24, 2.45) is 0 Å². The second kappa shape index (κ2) is 7.30. The SMILES string of the molecule is C[C@@H]1CN(C[C@@H](O)COc2cccc3ccccc23)[C@@H](C)CO1. The van der Waals surface area contributed by atoms with Crippen LogP contribution in [0, 0.1) is 0 Å². The number of hydrogen-bond acceptors (Lipinski definition) is 4. The molecular weight excluding hydrogens is 290 g/mol. The summed E-state index contributed by atoms with van der Waals surface area (Å²) in [5.74, 6) is 0.825. The molecule has 1 heterocycles. The lowest BCUT2D eigenvalue weighted by molar-refractivity contribution is -0.0650. The molecule has 3 atom stereocenters. The Morgan fingerprint density at radius 2 is 2.00 bits per heavy atom. The van der Waals surface area contributed by atoms with E-state index in [0.29, 0.717) is 19.2 Å². The molecule has 0 saturated carbocycles. The summed E-state index contributed by atoms with van der Waals surface area (Å²) in [6, 6.07) is 14.5. The van der Waals surface area contributed by atoms with E-state index in [4.69, 9.17) is 9.47 Å². The van der Waals surface area contributed by atoms with E-state index in [0.717, 1.165) is 29.7 Å². The van der Waals surface area contributed by atoms with Gasteiger partial charge in [-0.05, 0) is 25.3 Å². The Labute approximate surface area is 137 Å². The minimum atomic E-state index is -0.512. The van der Waals surface area contributed by atoms with Crippen molar-refractivity contribution in [3.8, 4) is 5.75 Å². The fraction of sp³-hybridized carbons (Fsp3) is 0.474. The molecule has 0 aromatic heterocycles. The van der Waals surface area contributed by atoms with Crippen LogP contribution in [0.3, 0.4) is 0 Å². The van der Waals surface area contributed by atoms with Gasteiger partial charge in [-0.3, -0.25) is 4.90 Å². The monoisotopic (exact) mass is 315 g/mol. The van der Waals surface area contributed by atoms with Gasteiger partial charge in [0, 0.05) is 24.5 Å². The molecule has 4 nitrogen and oxygen atoms in total. The highest BCUT2D eigenvalue weighted by molar-refractivity contribution is 5.88. The van der Waals surface area contributed by atoms with E-state index in [1.807, 2.05) is 30.3 Å². The van der Waals surface area contributed by atoms with Gasteiger partial charge in [-0.25, -0.2) is 0 Å². The molecule has 1 N–H and O–H groups in total. The third-order valence-corrected chi connectivity index (χ3v) is 4.36. The van der Waals surface area contributed by atoms with Crippen molar-refractivity contribution in [1.82, 2.24) is 4.90 Å². The van der Waals surface area contributed by atoms with Gasteiger partial charge >= 0.3 is 0 Å². The molecule has 0 amide bonds. The average molecular weight is 315 g/mol. The fourth-order valence-corrected chi connectivity index (χ4v) is 3.06. The van der Waals surface area contributed by atoms with Crippen LogP contribution in [0.1, 0.15) is 13.8 Å². The van der Waals surface area contributed by atoms with Crippen LogP contribution in [-0.2, 0) is 4.74 Å². The van der Waals surface area contributed by atoms with Gasteiger partial charge in [0.25, 0.3) is 0 Å². The maximum absolute atomic E-state index is 10.3. The van der Waals surface area contributed by atoms with Gasteiger partial charge in [-0.2, -0.15) is 0 Å². The van der Waals surface area contributed by atoms with Gasteiger partial charge in [-0.15, -0.1) is 0 Å². The molecule has 1 fully saturated rings. The second-order valence-electron chi connectivity index (χ2n) is 6.39. The molecule has 0 aliphatic carbocycles. The van der Waals surface area contributed by atoms with E-state index in [9.17, 15) is 5.11 Å². The normalized spacial score (nSPS) is 23.8. The van der Waals surface area contributed by atoms with Crippen LogP contribution >= 0.6 is 0 Å². The molecule has 0 radical (unpaired) electrons. The largest absolute Gasteiger partial charge is 0.490 e. The second-order valence-corrected chi connectivity index (χ2v) is 6.39. The van der Waals surface area contributed by atoms with Crippen molar-refractivity contribution in [1.29, 1.82) is 0 Å². The zero-order valence-electron chi connectivity index (χ0n) is 13.8. The highest BCUT2D eigenvalue weighted by atomic mass is 16.5. The van der Waals surface area contributed by atoms with Gasteiger partial charge < -0.3 is 14.6 Å². The number of ether oxygens (including phenoxy) is 2. The number of benzene rings is 2. The summed E-state index contributed by atoms with van der Waals surface area (Å²) in [7, 11) is 0. The Morgan fingerprint density at radius 1 is 1.22 bits per heavy atom. The number of β-amino-alcohol motifs (C(OH)–C–C–N with tert-alkyl or cyclic N) is 1. The Morgan fingerprint density at radius 3 is 2.87 bits per heavy atom. The van der Waals surface area contributed by atoms with Crippen LogP contribution in [0.4, 0.5) is 0 Å². The summed E-state index contributed by atoms with van der Waals surface area (Å²) in [6.07, 6.45) is -0.292. The van der Waals surface area contributed by atoms with E-state index in [2.05, 4.69) is 30.9 Å². The van der Waals surface area contributed by atoms with Crippen molar-refractivity contribution in [3.63, 3.8) is 0 Å². The van der Waals surface area contributed by atoms with Crippen LogP contribution in [-0.4, -0.2) is 54.6 Å². The van der Waals surface area contributed by atoms with Crippen molar-refractivity contribution in [2.45, 2.75) is 32.1 Å². The Hall–Kier alpha value is -1.62. The number of fused-ring (bicyclic) bond motifs is 1. The number of aliphatic hydroxyl groups is 1. The molecule has 2 aromatic rings. The Balaban J connectivity index is 1.59. The van der Waals surface area contributed by atoms with E-state index in [1.165, 1.54) is 0 Å². The lowest BCUT2D eigenvalue weighted by Crippen LogP contribution is -2.50. The van der Waals surface area contributed by atoms with Crippen molar-refractivity contribution < 1.29 is 14.6 Å². The number of nitrogens with zero attached hydrogens (tertiary/aromatic N) is 1.